The number of nitrogens with one attached hydrogen (secondary N) is 2. The van der Waals surface area contributed by atoms with E-state index in [0.29, 0.717) is 18.4 Å². The smallest absolute Gasteiger partial charge is 0.216 e. The molecule has 0 aliphatic carbocycles. The highest BCUT2D eigenvalue weighted by Crippen LogP contribution is 2.20. The number of guanidine groups is 1. The van der Waals surface area contributed by atoms with Crippen LogP contribution in [0.3, 0.4) is 0 Å². The van der Waals surface area contributed by atoms with Crippen LogP contribution in [0.15, 0.2) is 26.9 Å². The molecule has 0 atom stereocenters. The Kier molecular flexibility index (Phi) is 9.73. The molecule has 8 heteroatoms. The molecular formula is C20H32IN5OS. The quantitative estimate of drug-likeness (QED) is 0.331. The van der Waals surface area contributed by atoms with Crippen LogP contribution in [0.5, 0.6) is 0 Å². The Labute approximate surface area is 189 Å². The van der Waals surface area contributed by atoms with Crippen LogP contribution in [0.2, 0.25) is 0 Å². The minimum Gasteiger partial charge on any atom is -0.444 e. The Hall–Kier alpha value is -1.13. The Balaban J connectivity index is 0.00000280. The normalized spacial score (nSPS) is 16.0. The summed E-state index contributed by atoms with van der Waals surface area (Å²) in [5.41, 5.74) is 0.937. The van der Waals surface area contributed by atoms with Gasteiger partial charge in [0.2, 0.25) is 5.89 Å². The van der Waals surface area contributed by atoms with Crippen molar-refractivity contribution in [2.75, 3.05) is 26.2 Å². The van der Waals surface area contributed by atoms with Crippen molar-refractivity contribution in [2.24, 2.45) is 10.9 Å². The summed E-state index contributed by atoms with van der Waals surface area (Å²) in [6, 6.07) is 4.37. The lowest BCUT2D eigenvalue weighted by Gasteiger charge is -2.32. The lowest BCUT2D eigenvalue weighted by molar-refractivity contribution is 0.179. The molecule has 3 rings (SSSR count). The summed E-state index contributed by atoms with van der Waals surface area (Å²) < 4.78 is 5.61. The van der Waals surface area contributed by atoms with Crippen molar-refractivity contribution in [1.82, 2.24) is 20.5 Å². The maximum absolute atomic E-state index is 5.61. The third-order valence-electron chi connectivity index (χ3n) is 5.01. The van der Waals surface area contributed by atoms with Gasteiger partial charge in [-0.1, -0.05) is 6.07 Å². The first kappa shape index (κ1) is 23.2. The zero-order chi connectivity index (χ0) is 19.1. The summed E-state index contributed by atoms with van der Waals surface area (Å²) in [6.07, 6.45) is 2.46. The van der Waals surface area contributed by atoms with Crippen molar-refractivity contribution in [3.8, 4) is 0 Å². The van der Waals surface area contributed by atoms with Crippen molar-refractivity contribution in [2.45, 2.75) is 46.7 Å². The van der Waals surface area contributed by atoms with E-state index in [-0.39, 0.29) is 24.0 Å². The highest BCUT2D eigenvalue weighted by atomic mass is 127. The molecule has 0 aromatic carbocycles. The predicted octanol–water partition coefficient (Wildman–Crippen LogP) is 3.94. The number of aliphatic imine (C=N–C) groups is 1. The van der Waals surface area contributed by atoms with Gasteiger partial charge in [0, 0.05) is 24.5 Å². The Morgan fingerprint density at radius 3 is 2.71 bits per heavy atom. The van der Waals surface area contributed by atoms with Crippen LogP contribution in [0.4, 0.5) is 0 Å². The Morgan fingerprint density at radius 2 is 2.11 bits per heavy atom. The molecule has 0 unspecified atom stereocenters. The van der Waals surface area contributed by atoms with E-state index in [1.165, 1.54) is 30.8 Å². The lowest BCUT2D eigenvalue weighted by Crippen LogP contribution is -2.42. The van der Waals surface area contributed by atoms with E-state index >= 15 is 0 Å². The second kappa shape index (κ2) is 11.8. The van der Waals surface area contributed by atoms with E-state index in [0.717, 1.165) is 37.0 Å². The van der Waals surface area contributed by atoms with Gasteiger partial charge in [0.25, 0.3) is 0 Å². The first-order valence-electron chi connectivity index (χ1n) is 9.84. The number of hydrogen-bond donors (Lipinski definition) is 2. The van der Waals surface area contributed by atoms with Crippen LogP contribution in [0.1, 0.15) is 42.0 Å². The van der Waals surface area contributed by atoms with Gasteiger partial charge in [-0.3, -0.25) is 4.90 Å². The molecule has 1 aliphatic heterocycles. The van der Waals surface area contributed by atoms with Crippen molar-refractivity contribution >= 4 is 41.3 Å². The fraction of sp³-hybridized carbons (Fsp3) is 0.600. The second-order valence-corrected chi connectivity index (χ2v) is 8.16. The summed E-state index contributed by atoms with van der Waals surface area (Å²) >= 11 is 1.85. The van der Waals surface area contributed by atoms with E-state index in [4.69, 9.17) is 4.42 Å². The second-order valence-electron chi connectivity index (χ2n) is 7.12. The van der Waals surface area contributed by atoms with Gasteiger partial charge in [-0.15, -0.1) is 35.3 Å². The predicted molar refractivity (Wildman–Crippen MR) is 127 cm³/mol. The first-order valence-corrected chi connectivity index (χ1v) is 10.7. The molecule has 0 radical (unpaired) electrons. The summed E-state index contributed by atoms with van der Waals surface area (Å²) in [6.45, 7) is 11.7. The molecule has 0 spiro atoms. The SMILES string of the molecule is CCNC(=NCc1nc(C)c(C)o1)NCC1CCN(Cc2cccs2)CC1.I. The summed E-state index contributed by atoms with van der Waals surface area (Å²) in [7, 11) is 0. The first-order chi connectivity index (χ1) is 13.1. The fourth-order valence-electron chi connectivity index (χ4n) is 3.31. The lowest BCUT2D eigenvalue weighted by atomic mass is 9.97. The molecule has 2 aromatic heterocycles. The molecule has 0 saturated carbocycles. The molecule has 2 N–H and O–H groups in total. The highest BCUT2D eigenvalue weighted by molar-refractivity contribution is 14.0. The van der Waals surface area contributed by atoms with E-state index in [1.54, 1.807) is 0 Å². The van der Waals surface area contributed by atoms with Crippen molar-refractivity contribution in [1.29, 1.82) is 0 Å². The van der Waals surface area contributed by atoms with Crippen molar-refractivity contribution in [3.05, 3.63) is 39.7 Å². The standard InChI is InChI=1S/C20H31N5OS.HI/c1-4-21-20(23-13-19-24-15(2)16(3)26-19)22-12-17-7-9-25(10-8-17)14-18-6-5-11-27-18;/h5-6,11,17H,4,7-10,12-14H2,1-3H3,(H2,21,22,23);1H. The molecule has 1 fully saturated rings. The molecular weight excluding hydrogens is 485 g/mol. The molecule has 3 heterocycles. The van der Waals surface area contributed by atoms with E-state index in [1.807, 2.05) is 25.2 Å². The number of nitrogens with zero attached hydrogens (tertiary/aromatic N) is 3. The molecule has 2 aromatic rings. The molecule has 156 valence electrons. The van der Waals surface area contributed by atoms with Gasteiger partial charge in [0.05, 0.1) is 5.69 Å². The summed E-state index contributed by atoms with van der Waals surface area (Å²) in [5.74, 6) is 3.07. The number of hydrogen-bond acceptors (Lipinski definition) is 5. The monoisotopic (exact) mass is 517 g/mol. The molecule has 1 aliphatic rings. The largest absolute Gasteiger partial charge is 0.444 e. The van der Waals surface area contributed by atoms with E-state index in [9.17, 15) is 0 Å². The van der Waals surface area contributed by atoms with Crippen molar-refractivity contribution in [3.63, 3.8) is 0 Å². The Bertz CT molecular complexity index is 704. The minimum absolute atomic E-state index is 0. The van der Waals surface area contributed by atoms with Crippen LogP contribution >= 0.6 is 35.3 Å². The third-order valence-corrected chi connectivity index (χ3v) is 5.88. The topological polar surface area (TPSA) is 65.7 Å². The summed E-state index contributed by atoms with van der Waals surface area (Å²) in [4.78, 5) is 13.0. The van der Waals surface area contributed by atoms with Crippen LogP contribution in [-0.4, -0.2) is 42.0 Å². The zero-order valence-corrected chi connectivity index (χ0v) is 20.2. The zero-order valence-electron chi connectivity index (χ0n) is 17.0. The van der Waals surface area contributed by atoms with Crippen LogP contribution in [0, 0.1) is 19.8 Å². The van der Waals surface area contributed by atoms with Gasteiger partial charge >= 0.3 is 0 Å². The molecule has 6 nitrogen and oxygen atoms in total. The highest BCUT2D eigenvalue weighted by Gasteiger charge is 2.19. The molecule has 0 bridgehead atoms. The number of halogens is 1. The molecule has 1 saturated heterocycles. The van der Waals surface area contributed by atoms with Gasteiger partial charge in [-0.05, 0) is 64.1 Å². The average Bonchev–Trinajstić information content (AvgIpc) is 3.28. The number of aryl methyl sites for hydroxylation is 2. The van der Waals surface area contributed by atoms with E-state index in [2.05, 4.69) is 49.9 Å². The van der Waals surface area contributed by atoms with Gasteiger partial charge in [-0.25, -0.2) is 9.98 Å². The van der Waals surface area contributed by atoms with Crippen molar-refractivity contribution < 1.29 is 4.42 Å². The summed E-state index contributed by atoms with van der Waals surface area (Å²) in [5, 5.41) is 8.97. The number of likely N-dealkylation sites (tertiary alicyclic amines) is 1. The van der Waals surface area contributed by atoms with Gasteiger partial charge in [-0.2, -0.15) is 0 Å². The Morgan fingerprint density at radius 1 is 1.32 bits per heavy atom. The number of oxazole rings is 1. The molecule has 0 amide bonds. The van der Waals surface area contributed by atoms with Crippen LogP contribution in [-0.2, 0) is 13.1 Å². The van der Waals surface area contributed by atoms with Gasteiger partial charge in [0.15, 0.2) is 5.96 Å². The van der Waals surface area contributed by atoms with Crippen LogP contribution < -0.4 is 10.6 Å². The van der Waals surface area contributed by atoms with Gasteiger partial charge in [0.1, 0.15) is 12.3 Å². The molecule has 28 heavy (non-hydrogen) atoms. The van der Waals surface area contributed by atoms with E-state index < -0.39 is 0 Å². The maximum atomic E-state index is 5.61. The third kappa shape index (κ3) is 7.04. The fourth-order valence-corrected chi connectivity index (χ4v) is 4.05. The number of aromatic nitrogens is 1. The minimum atomic E-state index is 0. The van der Waals surface area contributed by atoms with Crippen LogP contribution in [0.25, 0.3) is 0 Å². The maximum Gasteiger partial charge on any atom is 0.216 e. The number of thiophene rings is 1. The average molecular weight is 517 g/mol. The number of piperidine rings is 1. The van der Waals surface area contributed by atoms with Gasteiger partial charge < -0.3 is 15.1 Å². The number of rotatable bonds is 7.